The first-order chi connectivity index (χ1) is 7.49. The topological polar surface area (TPSA) is 69.4 Å². The molecule has 86 valence electrons. The van der Waals surface area contributed by atoms with Crippen molar-refractivity contribution in [1.82, 2.24) is 0 Å². The maximum absolute atomic E-state index is 11.8. The van der Waals surface area contributed by atoms with Crippen LogP contribution < -0.4 is 5.73 Å². The number of Topliss-reactive ketones (excluding diaryl/α,β-unsaturated/α-hetero) is 1. The summed E-state index contributed by atoms with van der Waals surface area (Å²) < 4.78 is 4.60. The highest BCUT2D eigenvalue weighted by Crippen LogP contribution is 2.21. The molecule has 1 aromatic carbocycles. The molecule has 2 N–H and O–H groups in total. The first-order valence-electron chi connectivity index (χ1n) is 4.64. The third-order valence-electron chi connectivity index (χ3n) is 2.11. The van der Waals surface area contributed by atoms with E-state index in [1.54, 1.807) is 25.1 Å². The van der Waals surface area contributed by atoms with Crippen molar-refractivity contribution in [2.45, 2.75) is 11.8 Å². The molecule has 1 aromatic rings. The summed E-state index contributed by atoms with van der Waals surface area (Å²) in [6.45, 7) is 1.69. The second-order valence-corrected chi connectivity index (χ2v) is 4.62. The van der Waals surface area contributed by atoms with Crippen molar-refractivity contribution in [2.24, 2.45) is 0 Å². The van der Waals surface area contributed by atoms with Crippen molar-refractivity contribution in [3.05, 3.63) is 29.3 Å². The van der Waals surface area contributed by atoms with E-state index in [4.69, 9.17) is 5.73 Å². The van der Waals surface area contributed by atoms with Gasteiger partial charge >= 0.3 is 5.97 Å². The number of rotatable bonds is 3. The first-order valence-corrected chi connectivity index (χ1v) is 5.55. The number of benzene rings is 1. The van der Waals surface area contributed by atoms with Crippen LogP contribution in [0.2, 0.25) is 0 Å². The van der Waals surface area contributed by atoms with E-state index in [2.05, 4.69) is 20.7 Å². The van der Waals surface area contributed by atoms with E-state index in [-0.39, 0.29) is 27.4 Å². The number of esters is 1. The molecule has 0 radical (unpaired) electrons. The number of nitrogen functional groups attached to an aromatic ring is 1. The summed E-state index contributed by atoms with van der Waals surface area (Å²) in [4.78, 5) is 23.0. The molecule has 0 aromatic heterocycles. The van der Waals surface area contributed by atoms with Gasteiger partial charge in [0.1, 0.15) is 0 Å². The lowest BCUT2D eigenvalue weighted by Crippen LogP contribution is -2.17. The fourth-order valence-electron chi connectivity index (χ4n) is 1.32. The highest BCUT2D eigenvalue weighted by molar-refractivity contribution is 9.10. The number of nitrogens with two attached hydrogens (primary N) is 1. The van der Waals surface area contributed by atoms with Gasteiger partial charge in [-0.1, -0.05) is 28.1 Å². The summed E-state index contributed by atoms with van der Waals surface area (Å²) in [6.07, 6.45) is 0. The largest absolute Gasteiger partial charge is 0.465 e. The summed E-state index contributed by atoms with van der Waals surface area (Å²) in [5, 5.41) is 0. The maximum atomic E-state index is 11.8. The number of ether oxygens (including phenoxy) is 1. The molecule has 0 heterocycles. The molecule has 16 heavy (non-hydrogen) atoms. The van der Waals surface area contributed by atoms with Crippen LogP contribution in [0.4, 0.5) is 5.69 Å². The molecule has 0 saturated heterocycles. The molecule has 4 nitrogen and oxygen atoms in total. The Hall–Kier alpha value is -1.36. The molecule has 0 fully saturated rings. The normalized spacial score (nSPS) is 11.9. The van der Waals surface area contributed by atoms with E-state index >= 15 is 0 Å². The van der Waals surface area contributed by atoms with Crippen molar-refractivity contribution >= 4 is 33.4 Å². The molecule has 5 heteroatoms. The summed E-state index contributed by atoms with van der Waals surface area (Å²) >= 11 is 3.16. The van der Waals surface area contributed by atoms with E-state index in [0.29, 0.717) is 0 Å². The third-order valence-corrected chi connectivity index (χ3v) is 2.53. The lowest BCUT2D eigenvalue weighted by molar-refractivity contribution is 0.0598. The highest BCUT2D eigenvalue weighted by atomic mass is 79.9. The van der Waals surface area contributed by atoms with Gasteiger partial charge in [-0.2, -0.15) is 0 Å². The minimum absolute atomic E-state index is 0.126. The molecule has 1 unspecified atom stereocenters. The smallest absolute Gasteiger partial charge is 0.340 e. The molecule has 0 spiro atoms. The summed E-state index contributed by atoms with van der Waals surface area (Å²) in [5.74, 6) is -0.803. The van der Waals surface area contributed by atoms with Crippen molar-refractivity contribution in [3.8, 4) is 0 Å². The standard InChI is InChI=1S/C11H12BrNO3/c1-6(12)10(14)7-4-3-5-8(13)9(7)11(15)16-2/h3-6H,13H2,1-2H3. The monoisotopic (exact) mass is 285 g/mol. The Labute approximate surface area is 102 Å². The Balaban J connectivity index is 3.34. The number of anilines is 1. The van der Waals surface area contributed by atoms with Crippen LogP contribution in [0.1, 0.15) is 27.6 Å². The molecular formula is C11H12BrNO3. The number of alkyl halides is 1. The van der Waals surface area contributed by atoms with Gasteiger partial charge in [0.15, 0.2) is 5.78 Å². The van der Waals surface area contributed by atoms with Crippen LogP contribution in [0.25, 0.3) is 0 Å². The molecule has 0 aliphatic heterocycles. The van der Waals surface area contributed by atoms with Crippen LogP contribution in [0, 0.1) is 0 Å². The van der Waals surface area contributed by atoms with Crippen LogP contribution in [0.5, 0.6) is 0 Å². The lowest BCUT2D eigenvalue weighted by Gasteiger charge is -2.10. The van der Waals surface area contributed by atoms with Crippen molar-refractivity contribution in [2.75, 3.05) is 12.8 Å². The van der Waals surface area contributed by atoms with Crippen LogP contribution in [0.3, 0.4) is 0 Å². The Kier molecular flexibility index (Phi) is 4.06. The number of hydrogen-bond acceptors (Lipinski definition) is 4. The van der Waals surface area contributed by atoms with E-state index in [1.165, 1.54) is 7.11 Å². The van der Waals surface area contributed by atoms with Gasteiger partial charge < -0.3 is 10.5 Å². The van der Waals surface area contributed by atoms with Gasteiger partial charge in [-0.15, -0.1) is 0 Å². The second-order valence-electron chi connectivity index (χ2n) is 3.24. The molecule has 1 atom stereocenters. The predicted molar refractivity (Wildman–Crippen MR) is 64.9 cm³/mol. The molecule has 0 aliphatic rings. The van der Waals surface area contributed by atoms with Gasteiger partial charge in [-0.25, -0.2) is 4.79 Å². The van der Waals surface area contributed by atoms with Crippen LogP contribution >= 0.6 is 15.9 Å². The zero-order valence-corrected chi connectivity index (χ0v) is 10.6. The summed E-state index contributed by atoms with van der Waals surface area (Å²) in [7, 11) is 1.25. The molecule has 0 saturated carbocycles. The first kappa shape index (κ1) is 12.7. The van der Waals surface area contributed by atoms with Crippen molar-refractivity contribution < 1.29 is 14.3 Å². The zero-order valence-electron chi connectivity index (χ0n) is 8.99. The highest BCUT2D eigenvalue weighted by Gasteiger charge is 2.22. The summed E-state index contributed by atoms with van der Waals surface area (Å²) in [6, 6.07) is 4.75. The van der Waals surface area contributed by atoms with Gasteiger partial charge in [-0.05, 0) is 13.0 Å². The number of halogens is 1. The number of ketones is 1. The van der Waals surface area contributed by atoms with E-state index in [1.807, 2.05) is 0 Å². The lowest BCUT2D eigenvalue weighted by atomic mass is 10.0. The Morgan fingerprint density at radius 2 is 2.06 bits per heavy atom. The molecule has 0 amide bonds. The minimum Gasteiger partial charge on any atom is -0.465 e. The predicted octanol–water partition coefficient (Wildman–Crippen LogP) is 2.02. The Morgan fingerprint density at radius 3 is 2.56 bits per heavy atom. The fraction of sp³-hybridized carbons (Fsp3) is 0.273. The van der Waals surface area contributed by atoms with Crippen LogP contribution in [-0.2, 0) is 4.74 Å². The maximum Gasteiger partial charge on any atom is 0.340 e. The van der Waals surface area contributed by atoms with Gasteiger partial charge in [0.05, 0.1) is 17.5 Å². The number of hydrogen-bond donors (Lipinski definition) is 1. The van der Waals surface area contributed by atoms with E-state index < -0.39 is 5.97 Å². The van der Waals surface area contributed by atoms with Gasteiger partial charge in [0.25, 0.3) is 0 Å². The minimum atomic E-state index is -0.602. The Bertz CT molecular complexity index is 429. The fourth-order valence-corrected chi connectivity index (χ4v) is 1.57. The van der Waals surface area contributed by atoms with Crippen LogP contribution in [0.15, 0.2) is 18.2 Å². The van der Waals surface area contributed by atoms with Crippen molar-refractivity contribution in [1.29, 1.82) is 0 Å². The Morgan fingerprint density at radius 1 is 1.44 bits per heavy atom. The molecule has 0 aliphatic carbocycles. The van der Waals surface area contributed by atoms with Gasteiger partial charge in [-0.3, -0.25) is 4.79 Å². The third kappa shape index (κ3) is 2.41. The van der Waals surface area contributed by atoms with E-state index in [0.717, 1.165) is 0 Å². The average Bonchev–Trinajstić information content (AvgIpc) is 2.26. The zero-order chi connectivity index (χ0) is 12.3. The number of carbonyl (C=O) groups excluding carboxylic acids is 2. The molecule has 1 rings (SSSR count). The van der Waals surface area contributed by atoms with Gasteiger partial charge in [0.2, 0.25) is 0 Å². The average molecular weight is 286 g/mol. The van der Waals surface area contributed by atoms with Gasteiger partial charge in [0, 0.05) is 11.3 Å². The summed E-state index contributed by atoms with van der Waals surface area (Å²) in [5.41, 5.74) is 6.31. The quantitative estimate of drug-likeness (QED) is 0.399. The SMILES string of the molecule is COC(=O)c1c(N)cccc1C(=O)C(C)Br. The second kappa shape index (κ2) is 5.12. The van der Waals surface area contributed by atoms with Crippen LogP contribution in [-0.4, -0.2) is 23.7 Å². The molecular weight excluding hydrogens is 274 g/mol. The molecule has 0 bridgehead atoms. The number of carbonyl (C=O) groups is 2. The number of methoxy groups -OCH3 is 1. The van der Waals surface area contributed by atoms with Crippen molar-refractivity contribution in [3.63, 3.8) is 0 Å². The van der Waals surface area contributed by atoms with E-state index in [9.17, 15) is 9.59 Å².